The van der Waals surface area contributed by atoms with Gasteiger partial charge in [0.15, 0.2) is 0 Å². The van der Waals surface area contributed by atoms with E-state index < -0.39 is 0 Å². The Morgan fingerprint density at radius 2 is 2.17 bits per heavy atom. The molecule has 0 spiro atoms. The van der Waals surface area contributed by atoms with Gasteiger partial charge in [-0.1, -0.05) is 23.4 Å². The van der Waals surface area contributed by atoms with E-state index in [1.165, 1.54) is 16.6 Å². The minimum atomic E-state index is 0.200. The number of H-pyrrole nitrogens is 1. The first kappa shape index (κ1) is 15.0. The van der Waals surface area contributed by atoms with Crippen LogP contribution in [0.4, 0.5) is 0 Å². The molecule has 4 rings (SSSR count). The van der Waals surface area contributed by atoms with E-state index in [9.17, 15) is 4.79 Å². The van der Waals surface area contributed by atoms with Gasteiger partial charge in [-0.3, -0.25) is 4.79 Å². The highest BCUT2D eigenvalue weighted by Crippen LogP contribution is 2.28. The molecule has 1 N–H and O–H groups in total. The van der Waals surface area contributed by atoms with Crippen molar-refractivity contribution in [1.82, 2.24) is 15.0 Å². The molecule has 0 saturated heterocycles. The van der Waals surface area contributed by atoms with Crippen molar-refractivity contribution in [3.8, 4) is 0 Å². The van der Waals surface area contributed by atoms with Crippen molar-refractivity contribution >= 4 is 16.8 Å². The van der Waals surface area contributed by atoms with Crippen molar-refractivity contribution < 1.29 is 9.32 Å². The van der Waals surface area contributed by atoms with Crippen molar-refractivity contribution in [3.05, 3.63) is 52.5 Å². The zero-order chi connectivity index (χ0) is 16.7. The average Bonchev–Trinajstić information content (AvgIpc) is 3.12. The lowest BCUT2D eigenvalue weighted by Gasteiger charge is -2.27. The number of hydrogen-bond acceptors (Lipinski definition) is 3. The zero-order valence-corrected chi connectivity index (χ0v) is 14.1. The molecule has 0 unspecified atom stereocenters. The highest BCUT2D eigenvalue weighted by molar-refractivity contribution is 5.86. The molecule has 2 aromatic heterocycles. The maximum atomic E-state index is 12.6. The summed E-state index contributed by atoms with van der Waals surface area (Å²) in [6.07, 6.45) is 2.08. The van der Waals surface area contributed by atoms with Gasteiger partial charge in [0, 0.05) is 53.7 Å². The van der Waals surface area contributed by atoms with Gasteiger partial charge in [-0.2, -0.15) is 0 Å². The monoisotopic (exact) mass is 323 g/mol. The maximum Gasteiger partial charge on any atom is 0.223 e. The zero-order valence-electron chi connectivity index (χ0n) is 14.1. The Balaban J connectivity index is 1.49. The first-order chi connectivity index (χ1) is 11.6. The van der Waals surface area contributed by atoms with Crippen LogP contribution in [0, 0.1) is 13.8 Å². The molecular weight excluding hydrogens is 302 g/mol. The van der Waals surface area contributed by atoms with Gasteiger partial charge in [0.05, 0.1) is 5.69 Å². The molecule has 3 heterocycles. The summed E-state index contributed by atoms with van der Waals surface area (Å²) in [6, 6.07) is 8.31. The number of rotatable bonds is 3. The number of hydrogen-bond donors (Lipinski definition) is 1. The number of carbonyl (C=O) groups is 1. The number of para-hydroxylation sites is 1. The normalized spacial score (nSPS) is 14.2. The molecule has 1 aliphatic heterocycles. The van der Waals surface area contributed by atoms with Gasteiger partial charge < -0.3 is 14.4 Å². The van der Waals surface area contributed by atoms with Gasteiger partial charge in [-0.05, 0) is 26.3 Å². The van der Waals surface area contributed by atoms with Crippen molar-refractivity contribution in [2.24, 2.45) is 0 Å². The largest absolute Gasteiger partial charge is 0.361 e. The van der Waals surface area contributed by atoms with Crippen molar-refractivity contribution in [3.63, 3.8) is 0 Å². The van der Waals surface area contributed by atoms with E-state index in [1.54, 1.807) is 0 Å². The molecule has 0 saturated carbocycles. The molecule has 1 aliphatic rings. The third-order valence-electron chi connectivity index (χ3n) is 5.01. The molecule has 1 amide bonds. The molecule has 5 nitrogen and oxygen atoms in total. The van der Waals surface area contributed by atoms with Crippen LogP contribution in [0.3, 0.4) is 0 Å². The molecule has 0 bridgehead atoms. The van der Waals surface area contributed by atoms with Crippen molar-refractivity contribution in [2.45, 2.75) is 39.7 Å². The highest BCUT2D eigenvalue weighted by Gasteiger charge is 2.24. The molecule has 0 fully saturated rings. The molecular formula is C19H21N3O2. The lowest BCUT2D eigenvalue weighted by atomic mass is 10.0. The first-order valence-corrected chi connectivity index (χ1v) is 8.41. The Bertz CT molecular complexity index is 887. The molecule has 24 heavy (non-hydrogen) atoms. The minimum absolute atomic E-state index is 0.200. The van der Waals surface area contributed by atoms with Crippen LogP contribution in [0.2, 0.25) is 0 Å². The van der Waals surface area contributed by atoms with Crippen LogP contribution in [-0.4, -0.2) is 27.5 Å². The van der Waals surface area contributed by atoms with Gasteiger partial charge in [0.2, 0.25) is 5.91 Å². The number of aromatic nitrogens is 2. The fourth-order valence-electron chi connectivity index (χ4n) is 3.63. The predicted molar refractivity (Wildman–Crippen MR) is 91.7 cm³/mol. The summed E-state index contributed by atoms with van der Waals surface area (Å²) in [5.41, 5.74) is 5.65. The third kappa shape index (κ3) is 2.50. The van der Waals surface area contributed by atoms with Gasteiger partial charge in [-0.25, -0.2) is 0 Å². The van der Waals surface area contributed by atoms with E-state index in [0.717, 1.165) is 35.5 Å². The lowest BCUT2D eigenvalue weighted by molar-refractivity contribution is -0.132. The van der Waals surface area contributed by atoms with Crippen LogP contribution in [0.15, 0.2) is 28.8 Å². The van der Waals surface area contributed by atoms with Crippen molar-refractivity contribution in [2.75, 3.05) is 6.54 Å². The van der Waals surface area contributed by atoms with E-state index in [0.29, 0.717) is 19.4 Å². The summed E-state index contributed by atoms with van der Waals surface area (Å²) in [4.78, 5) is 18.1. The third-order valence-corrected chi connectivity index (χ3v) is 5.01. The maximum absolute atomic E-state index is 12.6. The minimum Gasteiger partial charge on any atom is -0.361 e. The summed E-state index contributed by atoms with van der Waals surface area (Å²) in [6.45, 7) is 5.30. The lowest BCUT2D eigenvalue weighted by Crippen LogP contribution is -2.35. The van der Waals surface area contributed by atoms with Crippen molar-refractivity contribution in [1.29, 1.82) is 0 Å². The summed E-state index contributed by atoms with van der Waals surface area (Å²) < 4.78 is 5.18. The van der Waals surface area contributed by atoms with Gasteiger partial charge in [0.1, 0.15) is 5.76 Å². The van der Waals surface area contributed by atoms with Crippen LogP contribution < -0.4 is 0 Å². The Hall–Kier alpha value is -2.56. The summed E-state index contributed by atoms with van der Waals surface area (Å²) in [5.74, 6) is 1.02. The number of aromatic amines is 1. The van der Waals surface area contributed by atoms with Crippen LogP contribution in [0.1, 0.15) is 34.7 Å². The van der Waals surface area contributed by atoms with Gasteiger partial charge in [0.25, 0.3) is 0 Å². The Kier molecular flexibility index (Phi) is 3.63. The van der Waals surface area contributed by atoms with Crippen LogP contribution >= 0.6 is 0 Å². The van der Waals surface area contributed by atoms with Crippen LogP contribution in [-0.2, 0) is 24.2 Å². The van der Waals surface area contributed by atoms with Crippen LogP contribution in [0.5, 0.6) is 0 Å². The van der Waals surface area contributed by atoms with E-state index in [2.05, 4.69) is 28.3 Å². The van der Waals surface area contributed by atoms with E-state index in [-0.39, 0.29) is 5.91 Å². The second-order valence-electron chi connectivity index (χ2n) is 6.50. The molecule has 0 atom stereocenters. The quantitative estimate of drug-likeness (QED) is 0.804. The molecule has 1 aromatic carbocycles. The number of fused-ring (bicyclic) bond motifs is 3. The van der Waals surface area contributed by atoms with E-state index in [1.807, 2.05) is 24.8 Å². The first-order valence-electron chi connectivity index (χ1n) is 8.41. The van der Waals surface area contributed by atoms with E-state index in [4.69, 9.17) is 4.52 Å². The Morgan fingerprint density at radius 1 is 1.33 bits per heavy atom. The SMILES string of the molecule is Cc1noc(C)c1CCC(=O)N1CCc2[nH]c3ccccc3c2C1. The van der Waals surface area contributed by atoms with Gasteiger partial charge >= 0.3 is 0 Å². The fourth-order valence-corrected chi connectivity index (χ4v) is 3.63. The summed E-state index contributed by atoms with van der Waals surface area (Å²) in [5, 5.41) is 5.19. The molecule has 5 heteroatoms. The predicted octanol–water partition coefficient (Wildman–Crippen LogP) is 3.29. The highest BCUT2D eigenvalue weighted by atomic mass is 16.5. The van der Waals surface area contributed by atoms with Crippen LogP contribution in [0.25, 0.3) is 10.9 Å². The number of aryl methyl sites for hydroxylation is 2. The fraction of sp³-hybridized carbons (Fsp3) is 0.368. The second kappa shape index (κ2) is 5.82. The van der Waals surface area contributed by atoms with E-state index >= 15 is 0 Å². The molecule has 0 aliphatic carbocycles. The molecule has 3 aromatic rings. The summed E-state index contributed by atoms with van der Waals surface area (Å²) >= 11 is 0. The standard InChI is InChI=1S/C19H21N3O2/c1-12-14(13(2)24-21-12)7-8-19(23)22-10-9-18-16(11-22)15-5-3-4-6-17(15)20-18/h3-6,20H,7-11H2,1-2H3. The molecule has 124 valence electrons. The number of nitrogens with zero attached hydrogens (tertiary/aromatic N) is 2. The topological polar surface area (TPSA) is 62.1 Å². The number of benzene rings is 1. The second-order valence-corrected chi connectivity index (χ2v) is 6.50. The Labute approximate surface area is 140 Å². The van der Waals surface area contributed by atoms with Gasteiger partial charge in [-0.15, -0.1) is 0 Å². The molecule has 0 radical (unpaired) electrons. The smallest absolute Gasteiger partial charge is 0.223 e. The number of nitrogens with one attached hydrogen (secondary N) is 1. The number of carbonyl (C=O) groups excluding carboxylic acids is 1. The average molecular weight is 323 g/mol. The number of amides is 1. The summed E-state index contributed by atoms with van der Waals surface area (Å²) in [7, 11) is 0. The Morgan fingerprint density at radius 3 is 2.96 bits per heavy atom.